The van der Waals surface area contributed by atoms with Crippen molar-refractivity contribution in [2.24, 2.45) is 0 Å². The van der Waals surface area contributed by atoms with E-state index in [1.54, 1.807) is 11.3 Å². The highest BCUT2D eigenvalue weighted by molar-refractivity contribution is 7.13. The van der Waals surface area contributed by atoms with Crippen LogP contribution in [0.2, 0.25) is 0 Å². The minimum atomic E-state index is 0.706. The molecule has 0 bridgehead atoms. The van der Waals surface area contributed by atoms with Crippen molar-refractivity contribution >= 4 is 11.3 Å². The van der Waals surface area contributed by atoms with Gasteiger partial charge in [-0.05, 0) is 58.0 Å². The van der Waals surface area contributed by atoms with Gasteiger partial charge in [0.25, 0.3) is 0 Å². The fraction of sp³-hybridized carbons (Fsp3) is 0.571. The summed E-state index contributed by atoms with van der Waals surface area (Å²) < 4.78 is 5.29. The molecule has 0 amide bonds. The van der Waals surface area contributed by atoms with Crippen LogP contribution in [0.3, 0.4) is 0 Å². The first-order valence-corrected chi connectivity index (χ1v) is 7.87. The van der Waals surface area contributed by atoms with Crippen molar-refractivity contribution in [2.45, 2.75) is 19.3 Å². The lowest BCUT2D eigenvalue weighted by Crippen LogP contribution is -2.24. The zero-order valence-corrected chi connectivity index (χ0v) is 12.9. The lowest BCUT2D eigenvalue weighted by atomic mass is 10.3. The maximum absolute atomic E-state index is 5.29. The topological polar surface area (TPSA) is 54.2 Å². The van der Waals surface area contributed by atoms with Crippen molar-refractivity contribution in [1.82, 2.24) is 20.4 Å². The molecule has 6 heteroatoms. The molecule has 2 heterocycles. The van der Waals surface area contributed by atoms with Gasteiger partial charge in [-0.2, -0.15) is 4.98 Å². The second-order valence-electron chi connectivity index (χ2n) is 4.85. The summed E-state index contributed by atoms with van der Waals surface area (Å²) in [7, 11) is 4.14. The predicted octanol–water partition coefficient (Wildman–Crippen LogP) is 2.27. The zero-order valence-electron chi connectivity index (χ0n) is 12.1. The lowest BCUT2D eigenvalue weighted by Gasteiger charge is -2.15. The quantitative estimate of drug-likeness (QED) is 0.719. The van der Waals surface area contributed by atoms with Crippen LogP contribution in [0.25, 0.3) is 10.7 Å². The van der Waals surface area contributed by atoms with E-state index in [1.165, 1.54) is 6.42 Å². The number of nitrogens with one attached hydrogen (secondary N) is 1. The number of thiophene rings is 1. The largest absolute Gasteiger partial charge is 0.339 e. The molecule has 2 aromatic rings. The summed E-state index contributed by atoms with van der Waals surface area (Å²) in [6.07, 6.45) is 3.06. The predicted molar refractivity (Wildman–Crippen MR) is 82.0 cm³/mol. The highest BCUT2D eigenvalue weighted by Crippen LogP contribution is 2.21. The van der Waals surface area contributed by atoms with Crippen LogP contribution in [-0.4, -0.2) is 48.8 Å². The number of nitrogens with zero attached hydrogens (tertiary/aromatic N) is 3. The number of aromatic nitrogens is 2. The highest BCUT2D eigenvalue weighted by atomic mass is 32.1. The van der Waals surface area contributed by atoms with Gasteiger partial charge in [-0.1, -0.05) is 11.2 Å². The monoisotopic (exact) mass is 294 g/mol. The Morgan fingerprint density at radius 2 is 2.20 bits per heavy atom. The van der Waals surface area contributed by atoms with Crippen molar-refractivity contribution in [2.75, 3.05) is 33.7 Å². The Bertz CT molecular complexity index is 483. The molecule has 0 aromatic carbocycles. The first-order chi connectivity index (χ1) is 9.79. The molecule has 0 radical (unpaired) electrons. The number of aryl methyl sites for hydroxylation is 1. The maximum atomic E-state index is 5.29. The normalized spacial score (nSPS) is 11.3. The second kappa shape index (κ2) is 8.14. The Hall–Kier alpha value is -1.24. The van der Waals surface area contributed by atoms with Crippen molar-refractivity contribution in [3.8, 4) is 10.7 Å². The number of rotatable bonds is 9. The Kier molecular flexibility index (Phi) is 6.17. The molecule has 1 N–H and O–H groups in total. The van der Waals surface area contributed by atoms with Crippen LogP contribution in [0.15, 0.2) is 22.0 Å². The van der Waals surface area contributed by atoms with Gasteiger partial charge in [0.2, 0.25) is 11.7 Å². The third-order valence-corrected chi connectivity index (χ3v) is 3.97. The Morgan fingerprint density at radius 1 is 1.35 bits per heavy atom. The summed E-state index contributed by atoms with van der Waals surface area (Å²) in [6.45, 7) is 3.24. The van der Waals surface area contributed by atoms with Gasteiger partial charge in [0.15, 0.2) is 0 Å². The molecule has 0 spiro atoms. The fourth-order valence-electron chi connectivity index (χ4n) is 2.00. The van der Waals surface area contributed by atoms with Gasteiger partial charge in [0.1, 0.15) is 0 Å². The molecule has 0 unspecified atom stereocenters. The van der Waals surface area contributed by atoms with Crippen molar-refractivity contribution in [3.63, 3.8) is 0 Å². The smallest absolute Gasteiger partial charge is 0.227 e. The molecule has 0 saturated heterocycles. The standard InChI is InChI=1S/C14H22N4OS/c1-15-8-5-10-18(2)9-3-7-13-16-14(17-19-13)12-6-4-11-20-12/h4,6,11,15H,3,5,7-10H2,1-2H3. The molecule has 0 aliphatic carbocycles. The van der Waals surface area contributed by atoms with Gasteiger partial charge in [-0.3, -0.25) is 0 Å². The van der Waals surface area contributed by atoms with Crippen molar-refractivity contribution in [3.05, 3.63) is 23.4 Å². The molecule has 0 saturated carbocycles. The molecular weight excluding hydrogens is 272 g/mol. The van der Waals surface area contributed by atoms with Gasteiger partial charge in [-0.15, -0.1) is 11.3 Å². The zero-order chi connectivity index (χ0) is 14.2. The SMILES string of the molecule is CNCCCN(C)CCCc1nc(-c2cccs2)no1. The Balaban J connectivity index is 1.69. The van der Waals surface area contributed by atoms with E-state index in [4.69, 9.17) is 4.52 Å². The van der Waals surface area contributed by atoms with E-state index in [0.29, 0.717) is 5.82 Å². The summed E-state index contributed by atoms with van der Waals surface area (Å²) in [4.78, 5) is 7.83. The molecule has 110 valence electrons. The molecule has 0 aliphatic rings. The summed E-state index contributed by atoms with van der Waals surface area (Å²) in [5, 5.41) is 9.20. The van der Waals surface area contributed by atoms with E-state index in [0.717, 1.165) is 43.2 Å². The summed E-state index contributed by atoms with van der Waals surface area (Å²) in [6, 6.07) is 4.00. The summed E-state index contributed by atoms with van der Waals surface area (Å²) >= 11 is 1.63. The van der Waals surface area contributed by atoms with E-state index in [2.05, 4.69) is 27.4 Å². The Labute approximate surface area is 124 Å². The van der Waals surface area contributed by atoms with Crippen LogP contribution in [0, 0.1) is 0 Å². The van der Waals surface area contributed by atoms with Crippen LogP contribution < -0.4 is 5.32 Å². The molecular formula is C14H22N4OS. The van der Waals surface area contributed by atoms with Crippen molar-refractivity contribution in [1.29, 1.82) is 0 Å². The maximum Gasteiger partial charge on any atom is 0.227 e. The Morgan fingerprint density at radius 3 is 2.95 bits per heavy atom. The van der Waals surface area contributed by atoms with Gasteiger partial charge >= 0.3 is 0 Å². The summed E-state index contributed by atoms with van der Waals surface area (Å²) in [5.41, 5.74) is 0. The van der Waals surface area contributed by atoms with E-state index in [-0.39, 0.29) is 0 Å². The molecule has 5 nitrogen and oxygen atoms in total. The third-order valence-electron chi connectivity index (χ3n) is 3.11. The minimum Gasteiger partial charge on any atom is -0.339 e. The number of hydrogen-bond donors (Lipinski definition) is 1. The fourth-order valence-corrected chi connectivity index (χ4v) is 2.65. The molecule has 0 atom stereocenters. The van der Waals surface area contributed by atoms with Gasteiger partial charge < -0.3 is 14.7 Å². The van der Waals surface area contributed by atoms with Crippen LogP contribution >= 0.6 is 11.3 Å². The van der Waals surface area contributed by atoms with E-state index < -0.39 is 0 Å². The number of hydrogen-bond acceptors (Lipinski definition) is 6. The third kappa shape index (κ3) is 4.70. The van der Waals surface area contributed by atoms with E-state index >= 15 is 0 Å². The second-order valence-corrected chi connectivity index (χ2v) is 5.80. The van der Waals surface area contributed by atoms with Crippen LogP contribution in [0.5, 0.6) is 0 Å². The van der Waals surface area contributed by atoms with E-state index in [9.17, 15) is 0 Å². The molecule has 20 heavy (non-hydrogen) atoms. The lowest BCUT2D eigenvalue weighted by molar-refractivity contribution is 0.312. The van der Waals surface area contributed by atoms with Gasteiger partial charge in [0.05, 0.1) is 4.88 Å². The van der Waals surface area contributed by atoms with Crippen LogP contribution in [-0.2, 0) is 6.42 Å². The van der Waals surface area contributed by atoms with E-state index in [1.807, 2.05) is 24.6 Å². The van der Waals surface area contributed by atoms with Crippen LogP contribution in [0.1, 0.15) is 18.7 Å². The average molecular weight is 294 g/mol. The van der Waals surface area contributed by atoms with Gasteiger partial charge in [0, 0.05) is 6.42 Å². The molecule has 0 aliphatic heterocycles. The van der Waals surface area contributed by atoms with Crippen LogP contribution in [0.4, 0.5) is 0 Å². The molecule has 2 rings (SSSR count). The van der Waals surface area contributed by atoms with Gasteiger partial charge in [-0.25, -0.2) is 0 Å². The highest BCUT2D eigenvalue weighted by Gasteiger charge is 2.09. The molecule has 0 fully saturated rings. The molecule has 2 aromatic heterocycles. The van der Waals surface area contributed by atoms with Crippen molar-refractivity contribution < 1.29 is 4.52 Å². The first kappa shape index (κ1) is 15.2. The average Bonchev–Trinajstić information content (AvgIpc) is 3.09. The first-order valence-electron chi connectivity index (χ1n) is 6.99. The summed E-state index contributed by atoms with van der Waals surface area (Å²) in [5.74, 6) is 1.44. The minimum absolute atomic E-state index is 0.706.